The predicted octanol–water partition coefficient (Wildman–Crippen LogP) is -0.582. The number of rotatable bonds is 8. The molecule has 0 aromatic rings. The summed E-state index contributed by atoms with van der Waals surface area (Å²) in [7, 11) is 0. The molecule has 5 nitrogen and oxygen atoms in total. The van der Waals surface area contributed by atoms with E-state index in [-0.39, 0.29) is 0 Å². The number of hydrogen-bond donors (Lipinski definition) is 3. The Morgan fingerprint density at radius 2 is 1.93 bits per heavy atom. The maximum Gasteiger partial charge on any atom is 0.103 e. The second kappa shape index (κ2) is 7.73. The molecule has 2 unspecified atom stereocenters. The van der Waals surface area contributed by atoms with Crippen molar-refractivity contribution in [2.75, 3.05) is 19.7 Å². The summed E-state index contributed by atoms with van der Waals surface area (Å²) in [6, 6.07) is 0. The SMILES string of the molecule is C=NN(CCC)CCC(O)C(O)CO. The first-order valence-electron chi connectivity index (χ1n) is 4.84. The molecule has 3 N–H and O–H groups in total. The van der Waals surface area contributed by atoms with Gasteiger partial charge in [0.25, 0.3) is 0 Å². The Kier molecular flexibility index (Phi) is 7.37. The first-order chi connectivity index (χ1) is 6.65. The van der Waals surface area contributed by atoms with Crippen molar-refractivity contribution < 1.29 is 15.3 Å². The first-order valence-corrected chi connectivity index (χ1v) is 4.84. The van der Waals surface area contributed by atoms with Crippen molar-refractivity contribution in [3.8, 4) is 0 Å². The summed E-state index contributed by atoms with van der Waals surface area (Å²) in [5.41, 5.74) is 0. The Bertz CT molecular complexity index is 155. The van der Waals surface area contributed by atoms with E-state index in [1.54, 1.807) is 5.01 Å². The molecule has 0 spiro atoms. The van der Waals surface area contributed by atoms with E-state index in [1.807, 2.05) is 6.92 Å². The minimum absolute atomic E-state index is 0.376. The molecule has 84 valence electrons. The van der Waals surface area contributed by atoms with Crippen molar-refractivity contribution in [3.63, 3.8) is 0 Å². The van der Waals surface area contributed by atoms with Crippen LogP contribution < -0.4 is 0 Å². The van der Waals surface area contributed by atoms with Gasteiger partial charge in [0.15, 0.2) is 0 Å². The largest absolute Gasteiger partial charge is 0.394 e. The summed E-state index contributed by atoms with van der Waals surface area (Å²) in [6.07, 6.45) is -0.636. The van der Waals surface area contributed by atoms with E-state index >= 15 is 0 Å². The fraction of sp³-hybridized carbons (Fsp3) is 0.889. The second-order valence-electron chi connectivity index (χ2n) is 3.20. The standard InChI is InChI=1S/C9H20N2O3/c1-3-5-11(10-2)6-4-8(13)9(14)7-12/h8-9,12-14H,2-7H2,1H3. The highest BCUT2D eigenvalue weighted by molar-refractivity contribution is 5.22. The molecule has 0 fully saturated rings. The van der Waals surface area contributed by atoms with Crippen molar-refractivity contribution in [1.82, 2.24) is 5.01 Å². The van der Waals surface area contributed by atoms with E-state index in [1.165, 1.54) is 0 Å². The van der Waals surface area contributed by atoms with Crippen molar-refractivity contribution in [2.45, 2.75) is 32.0 Å². The van der Waals surface area contributed by atoms with Crippen LogP contribution in [-0.2, 0) is 0 Å². The van der Waals surface area contributed by atoms with Crippen LogP contribution in [0.3, 0.4) is 0 Å². The van der Waals surface area contributed by atoms with E-state index in [9.17, 15) is 5.11 Å². The van der Waals surface area contributed by atoms with E-state index in [0.29, 0.717) is 13.0 Å². The van der Waals surface area contributed by atoms with Crippen LogP contribution in [-0.4, -0.2) is 59.0 Å². The lowest BCUT2D eigenvalue weighted by molar-refractivity contribution is -0.0212. The first kappa shape index (κ1) is 13.4. The predicted molar refractivity (Wildman–Crippen MR) is 55.1 cm³/mol. The highest BCUT2D eigenvalue weighted by Crippen LogP contribution is 2.02. The van der Waals surface area contributed by atoms with E-state index in [4.69, 9.17) is 10.2 Å². The van der Waals surface area contributed by atoms with Gasteiger partial charge in [0.1, 0.15) is 6.10 Å². The highest BCUT2D eigenvalue weighted by Gasteiger charge is 2.15. The molecule has 0 amide bonds. The van der Waals surface area contributed by atoms with Crippen LogP contribution in [0.2, 0.25) is 0 Å². The van der Waals surface area contributed by atoms with Crippen LogP contribution in [0.4, 0.5) is 0 Å². The molecule has 0 bridgehead atoms. The van der Waals surface area contributed by atoms with E-state index in [0.717, 1.165) is 13.0 Å². The Hall–Kier alpha value is -0.650. The van der Waals surface area contributed by atoms with Crippen molar-refractivity contribution in [3.05, 3.63) is 0 Å². The Morgan fingerprint density at radius 1 is 1.29 bits per heavy atom. The molecule has 0 saturated heterocycles. The van der Waals surface area contributed by atoms with Gasteiger partial charge in [-0.2, -0.15) is 5.10 Å². The van der Waals surface area contributed by atoms with Gasteiger partial charge < -0.3 is 15.3 Å². The van der Waals surface area contributed by atoms with Crippen molar-refractivity contribution in [1.29, 1.82) is 0 Å². The lowest BCUT2D eigenvalue weighted by atomic mass is 10.1. The molecular weight excluding hydrogens is 184 g/mol. The van der Waals surface area contributed by atoms with Gasteiger partial charge in [-0.25, -0.2) is 0 Å². The van der Waals surface area contributed by atoms with Gasteiger partial charge in [-0.1, -0.05) is 6.92 Å². The summed E-state index contributed by atoms with van der Waals surface area (Å²) >= 11 is 0. The molecule has 0 saturated carbocycles. The lowest BCUT2D eigenvalue weighted by Gasteiger charge is -2.21. The average Bonchev–Trinajstić information content (AvgIpc) is 2.22. The van der Waals surface area contributed by atoms with E-state index < -0.39 is 18.8 Å². The van der Waals surface area contributed by atoms with Crippen LogP contribution in [0.5, 0.6) is 0 Å². The molecule has 2 atom stereocenters. The smallest absolute Gasteiger partial charge is 0.103 e. The Balaban J connectivity index is 3.72. The zero-order valence-corrected chi connectivity index (χ0v) is 8.63. The molecule has 0 aliphatic carbocycles. The summed E-state index contributed by atoms with van der Waals surface area (Å²) in [6.45, 7) is 6.33. The molecule has 5 heteroatoms. The molecule has 0 aromatic carbocycles. The van der Waals surface area contributed by atoms with Gasteiger partial charge in [0.2, 0.25) is 0 Å². The Labute approximate surface area is 84.7 Å². The number of hydrazone groups is 1. The molecule has 0 aliphatic rings. The topological polar surface area (TPSA) is 76.3 Å². The van der Waals surface area contributed by atoms with Crippen LogP contribution in [0.25, 0.3) is 0 Å². The molecule has 0 heterocycles. The fourth-order valence-electron chi connectivity index (χ4n) is 1.11. The van der Waals surface area contributed by atoms with Crippen LogP contribution in [0, 0.1) is 0 Å². The van der Waals surface area contributed by atoms with Crippen LogP contribution in [0.15, 0.2) is 5.10 Å². The lowest BCUT2D eigenvalue weighted by Crippen LogP contribution is -2.33. The molecule has 0 aromatic heterocycles. The summed E-state index contributed by atoms with van der Waals surface area (Å²) in [5, 5.41) is 32.5. The minimum Gasteiger partial charge on any atom is -0.394 e. The van der Waals surface area contributed by atoms with Crippen molar-refractivity contribution in [2.24, 2.45) is 5.10 Å². The molecule has 14 heavy (non-hydrogen) atoms. The third kappa shape index (κ3) is 5.16. The highest BCUT2D eigenvalue weighted by atomic mass is 16.4. The maximum atomic E-state index is 9.33. The van der Waals surface area contributed by atoms with Crippen LogP contribution in [0.1, 0.15) is 19.8 Å². The Morgan fingerprint density at radius 3 is 2.36 bits per heavy atom. The second-order valence-corrected chi connectivity index (χ2v) is 3.20. The van der Waals surface area contributed by atoms with Gasteiger partial charge in [-0.15, -0.1) is 0 Å². The number of hydrogen-bond acceptors (Lipinski definition) is 5. The van der Waals surface area contributed by atoms with E-state index in [2.05, 4.69) is 11.8 Å². The molecule has 0 aliphatic heterocycles. The van der Waals surface area contributed by atoms with Crippen molar-refractivity contribution >= 4 is 6.72 Å². The average molecular weight is 204 g/mol. The van der Waals surface area contributed by atoms with Gasteiger partial charge in [-0.3, -0.25) is 5.01 Å². The minimum atomic E-state index is -1.07. The molecular formula is C9H20N2O3. The zero-order valence-electron chi connectivity index (χ0n) is 8.63. The fourth-order valence-corrected chi connectivity index (χ4v) is 1.11. The van der Waals surface area contributed by atoms with Gasteiger partial charge in [0.05, 0.1) is 12.7 Å². The normalized spacial score (nSPS) is 14.9. The summed E-state index contributed by atoms with van der Waals surface area (Å²) < 4.78 is 0. The van der Waals surface area contributed by atoms with Gasteiger partial charge >= 0.3 is 0 Å². The van der Waals surface area contributed by atoms with Gasteiger partial charge in [-0.05, 0) is 12.8 Å². The summed E-state index contributed by atoms with van der Waals surface area (Å²) in [5.74, 6) is 0. The third-order valence-electron chi connectivity index (χ3n) is 2.00. The van der Waals surface area contributed by atoms with Crippen LogP contribution >= 0.6 is 0 Å². The molecule has 0 radical (unpaired) electrons. The third-order valence-corrected chi connectivity index (χ3v) is 2.00. The number of aliphatic hydroxyl groups excluding tert-OH is 3. The quantitative estimate of drug-likeness (QED) is 0.365. The maximum absolute atomic E-state index is 9.33. The van der Waals surface area contributed by atoms with Gasteiger partial charge in [0, 0.05) is 19.8 Å². The number of aliphatic hydroxyl groups is 3. The summed E-state index contributed by atoms with van der Waals surface area (Å²) in [4.78, 5) is 0. The number of nitrogens with zero attached hydrogens (tertiary/aromatic N) is 2. The monoisotopic (exact) mass is 204 g/mol. The molecule has 0 rings (SSSR count). The zero-order chi connectivity index (χ0) is 11.0.